The van der Waals surface area contributed by atoms with E-state index in [9.17, 15) is 14.7 Å². The number of H-pyrrole nitrogens is 1. The lowest BCUT2D eigenvalue weighted by molar-refractivity contribution is -0.141. The lowest BCUT2D eigenvalue weighted by Crippen LogP contribution is -2.54. The Kier molecular flexibility index (Phi) is 6.28. The monoisotopic (exact) mass is 413 g/mol. The summed E-state index contributed by atoms with van der Waals surface area (Å²) in [5.41, 5.74) is 9.49. The molecular formula is C22H31N5O3. The van der Waals surface area contributed by atoms with Gasteiger partial charge in [-0.2, -0.15) is 0 Å². The third-order valence-electron chi connectivity index (χ3n) is 5.59. The highest BCUT2D eigenvalue weighted by atomic mass is 16.3. The van der Waals surface area contributed by atoms with Crippen molar-refractivity contribution in [1.82, 2.24) is 20.2 Å². The minimum atomic E-state index is -0.740. The molecule has 1 aromatic carbocycles. The fourth-order valence-corrected chi connectivity index (χ4v) is 3.59. The lowest BCUT2D eigenvalue weighted by Gasteiger charge is -2.32. The van der Waals surface area contributed by atoms with Crippen LogP contribution >= 0.6 is 0 Å². The molecule has 0 spiro atoms. The van der Waals surface area contributed by atoms with Crippen molar-refractivity contribution < 1.29 is 14.7 Å². The third-order valence-corrected chi connectivity index (χ3v) is 5.59. The van der Waals surface area contributed by atoms with Gasteiger partial charge in [-0.05, 0) is 17.9 Å². The Bertz CT molecular complexity index is 900. The van der Waals surface area contributed by atoms with Gasteiger partial charge in [0, 0.05) is 30.8 Å². The molecule has 0 radical (unpaired) electrons. The molecule has 8 heteroatoms. The zero-order valence-electron chi connectivity index (χ0n) is 18.0. The second-order valence-corrected chi connectivity index (χ2v) is 9.03. The summed E-state index contributed by atoms with van der Waals surface area (Å²) >= 11 is 0. The molecule has 5 N–H and O–H groups in total. The van der Waals surface area contributed by atoms with E-state index in [1.807, 2.05) is 52.0 Å². The first-order valence-corrected chi connectivity index (χ1v) is 10.2. The molecule has 3 atom stereocenters. The number of benzene rings is 1. The summed E-state index contributed by atoms with van der Waals surface area (Å²) in [4.78, 5) is 34.4. The summed E-state index contributed by atoms with van der Waals surface area (Å²) in [7, 11) is 0. The van der Waals surface area contributed by atoms with Crippen molar-refractivity contribution in [3.63, 3.8) is 0 Å². The third kappa shape index (κ3) is 4.71. The number of carbonyl (C=O) groups excluding carboxylic acids is 2. The molecule has 1 saturated heterocycles. The predicted octanol–water partition coefficient (Wildman–Crippen LogP) is 1.34. The molecule has 2 aromatic rings. The van der Waals surface area contributed by atoms with E-state index in [4.69, 9.17) is 5.73 Å². The minimum absolute atomic E-state index is 0.123. The quantitative estimate of drug-likeness (QED) is 0.589. The normalized spacial score (nSPS) is 20.3. The molecule has 0 aliphatic carbocycles. The standard InChI is InChI=1S/C22H31N5O3/c1-13-18(26-12-25-13)15-7-5-14(6-8-15)10-24-20(29)17-9-16(28)11-27(17)21(30)19(23)22(2,3)4/h5-8,12,16-17,19,28H,9-11,23H2,1-4H3,(H,24,29)(H,25,26)/t16?,17?,19-/m1/s1. The maximum atomic E-state index is 12.8. The van der Waals surface area contributed by atoms with Gasteiger partial charge in [0.05, 0.1) is 24.2 Å². The molecule has 8 nitrogen and oxygen atoms in total. The molecule has 2 heterocycles. The first kappa shape index (κ1) is 22.0. The highest BCUT2D eigenvalue weighted by molar-refractivity contribution is 5.90. The second-order valence-electron chi connectivity index (χ2n) is 9.03. The van der Waals surface area contributed by atoms with Crippen LogP contribution in [0, 0.1) is 12.3 Å². The van der Waals surface area contributed by atoms with E-state index >= 15 is 0 Å². The molecule has 2 amide bonds. The van der Waals surface area contributed by atoms with Crippen LogP contribution in [0.4, 0.5) is 0 Å². The number of carbonyl (C=O) groups is 2. The van der Waals surface area contributed by atoms with Crippen LogP contribution in [0.25, 0.3) is 11.3 Å². The number of aliphatic hydroxyl groups is 1. The lowest BCUT2D eigenvalue weighted by atomic mass is 9.86. The Morgan fingerprint density at radius 2 is 2.00 bits per heavy atom. The summed E-state index contributed by atoms with van der Waals surface area (Å²) in [5, 5.41) is 12.9. The number of hydrogen-bond donors (Lipinski definition) is 4. The molecule has 3 rings (SSSR count). The van der Waals surface area contributed by atoms with Crippen molar-refractivity contribution >= 4 is 11.8 Å². The maximum Gasteiger partial charge on any atom is 0.243 e. The summed E-state index contributed by atoms with van der Waals surface area (Å²) in [6.07, 6.45) is 1.15. The van der Waals surface area contributed by atoms with Crippen LogP contribution in [0.2, 0.25) is 0 Å². The SMILES string of the molecule is Cc1[nH]cnc1-c1ccc(CNC(=O)C2CC(O)CN2C(=O)[C@@H](N)C(C)(C)C)cc1. The Balaban J connectivity index is 1.63. The fraction of sp³-hybridized carbons (Fsp3) is 0.500. The molecule has 162 valence electrons. The number of nitrogens with one attached hydrogen (secondary N) is 2. The first-order valence-electron chi connectivity index (χ1n) is 10.2. The van der Waals surface area contributed by atoms with Crippen molar-refractivity contribution in [2.45, 2.75) is 58.8 Å². The molecule has 1 fully saturated rings. The van der Waals surface area contributed by atoms with Crippen LogP contribution in [-0.2, 0) is 16.1 Å². The number of rotatable bonds is 5. The van der Waals surface area contributed by atoms with Crippen LogP contribution in [0.5, 0.6) is 0 Å². The van der Waals surface area contributed by atoms with Gasteiger partial charge in [-0.1, -0.05) is 45.0 Å². The molecule has 1 aliphatic rings. The number of likely N-dealkylation sites (tertiary alicyclic amines) is 1. The van der Waals surface area contributed by atoms with Crippen molar-refractivity contribution in [2.24, 2.45) is 11.1 Å². The van der Waals surface area contributed by atoms with Gasteiger partial charge in [-0.3, -0.25) is 9.59 Å². The molecular weight excluding hydrogens is 382 g/mol. The van der Waals surface area contributed by atoms with Gasteiger partial charge in [0.15, 0.2) is 0 Å². The number of aromatic amines is 1. The number of β-amino-alcohol motifs (C(OH)–C–C–N with tert-alkyl or cyclic N) is 1. The fourth-order valence-electron chi connectivity index (χ4n) is 3.59. The number of nitrogens with zero attached hydrogens (tertiary/aromatic N) is 2. The largest absolute Gasteiger partial charge is 0.391 e. The molecule has 30 heavy (non-hydrogen) atoms. The van der Waals surface area contributed by atoms with Crippen LogP contribution in [-0.4, -0.2) is 56.5 Å². The predicted molar refractivity (Wildman–Crippen MR) is 114 cm³/mol. The molecule has 2 unspecified atom stereocenters. The Morgan fingerprint density at radius 3 is 2.57 bits per heavy atom. The molecule has 1 aliphatic heterocycles. The van der Waals surface area contributed by atoms with Gasteiger partial charge < -0.3 is 26.0 Å². The number of aryl methyl sites for hydroxylation is 1. The zero-order valence-corrected chi connectivity index (χ0v) is 18.0. The van der Waals surface area contributed by atoms with Gasteiger partial charge in [0.2, 0.25) is 11.8 Å². The number of amides is 2. The highest BCUT2D eigenvalue weighted by Gasteiger charge is 2.42. The smallest absolute Gasteiger partial charge is 0.243 e. The number of nitrogens with two attached hydrogens (primary N) is 1. The van der Waals surface area contributed by atoms with Crippen LogP contribution in [0.15, 0.2) is 30.6 Å². The molecule has 1 aromatic heterocycles. The summed E-state index contributed by atoms with van der Waals surface area (Å²) in [6.45, 7) is 8.06. The average Bonchev–Trinajstić information content (AvgIpc) is 3.30. The van der Waals surface area contributed by atoms with Gasteiger partial charge in [-0.25, -0.2) is 4.98 Å². The van der Waals surface area contributed by atoms with E-state index in [-0.39, 0.29) is 24.8 Å². The van der Waals surface area contributed by atoms with E-state index in [1.54, 1.807) is 6.33 Å². The van der Waals surface area contributed by atoms with Gasteiger partial charge in [0.25, 0.3) is 0 Å². The summed E-state index contributed by atoms with van der Waals surface area (Å²) in [6, 6.07) is 6.34. The molecule has 0 saturated carbocycles. The Hall–Kier alpha value is -2.71. The van der Waals surface area contributed by atoms with Crippen molar-refractivity contribution in [2.75, 3.05) is 6.54 Å². The number of hydrogen-bond acceptors (Lipinski definition) is 5. The Morgan fingerprint density at radius 1 is 1.33 bits per heavy atom. The Labute approximate surface area is 176 Å². The van der Waals surface area contributed by atoms with Crippen molar-refractivity contribution in [1.29, 1.82) is 0 Å². The van der Waals surface area contributed by atoms with Crippen LogP contribution in [0.3, 0.4) is 0 Å². The summed E-state index contributed by atoms with van der Waals surface area (Å²) < 4.78 is 0. The van der Waals surface area contributed by atoms with E-state index in [1.165, 1.54) is 4.90 Å². The van der Waals surface area contributed by atoms with E-state index in [2.05, 4.69) is 15.3 Å². The van der Waals surface area contributed by atoms with Crippen molar-refractivity contribution in [3.05, 3.63) is 41.9 Å². The topological polar surface area (TPSA) is 124 Å². The number of aromatic nitrogens is 2. The van der Waals surface area contributed by atoms with Gasteiger partial charge in [0.1, 0.15) is 6.04 Å². The van der Waals surface area contributed by atoms with Gasteiger partial charge >= 0.3 is 0 Å². The minimum Gasteiger partial charge on any atom is -0.391 e. The number of imidazole rings is 1. The maximum absolute atomic E-state index is 12.8. The van der Waals surface area contributed by atoms with Crippen molar-refractivity contribution in [3.8, 4) is 11.3 Å². The number of aliphatic hydroxyl groups excluding tert-OH is 1. The zero-order chi connectivity index (χ0) is 22.1. The average molecular weight is 414 g/mol. The highest BCUT2D eigenvalue weighted by Crippen LogP contribution is 2.25. The van der Waals surface area contributed by atoms with E-state index < -0.39 is 23.6 Å². The molecule has 0 bridgehead atoms. The summed E-state index contributed by atoms with van der Waals surface area (Å²) in [5.74, 6) is -0.592. The van der Waals surface area contributed by atoms with Gasteiger partial charge in [-0.15, -0.1) is 0 Å². The van der Waals surface area contributed by atoms with E-state index in [0.717, 1.165) is 22.5 Å². The van der Waals surface area contributed by atoms with Crippen LogP contribution in [0.1, 0.15) is 38.4 Å². The first-order chi connectivity index (χ1) is 14.1. The second kappa shape index (κ2) is 8.57. The van der Waals surface area contributed by atoms with E-state index in [0.29, 0.717) is 6.54 Å². The van der Waals surface area contributed by atoms with Crippen LogP contribution < -0.4 is 11.1 Å².